The fourth-order valence-corrected chi connectivity index (χ4v) is 1.69. The molecule has 0 saturated carbocycles. The van der Waals surface area contributed by atoms with Crippen molar-refractivity contribution in [3.05, 3.63) is 34.9 Å². The zero-order valence-corrected chi connectivity index (χ0v) is 13.4. The second-order valence-corrected chi connectivity index (χ2v) is 4.21. The summed E-state index contributed by atoms with van der Waals surface area (Å²) in [6, 6.07) is 5.30. The van der Waals surface area contributed by atoms with Crippen LogP contribution in [0.3, 0.4) is 0 Å². The lowest BCUT2D eigenvalue weighted by molar-refractivity contribution is -0.106. The van der Waals surface area contributed by atoms with E-state index in [-0.39, 0.29) is 0 Å². The average Bonchev–Trinajstić information content (AvgIpc) is 2.40. The van der Waals surface area contributed by atoms with E-state index in [0.717, 1.165) is 35.9 Å². The lowest BCUT2D eigenvalue weighted by atomic mass is 10.0. The molecule has 0 aliphatic heterocycles. The smallest absolute Gasteiger partial charge is 0.335 e. The van der Waals surface area contributed by atoms with Crippen LogP contribution in [0.4, 0.5) is 0 Å². The molecule has 0 aliphatic carbocycles. The van der Waals surface area contributed by atoms with E-state index in [0.29, 0.717) is 11.3 Å². The maximum Gasteiger partial charge on any atom is 0.335 e. The van der Waals surface area contributed by atoms with Gasteiger partial charge in [-0.25, -0.2) is 4.79 Å². The van der Waals surface area contributed by atoms with Crippen molar-refractivity contribution in [2.24, 2.45) is 0 Å². The summed E-state index contributed by atoms with van der Waals surface area (Å²) >= 11 is 8.24. The van der Waals surface area contributed by atoms with Gasteiger partial charge in [-0.1, -0.05) is 6.07 Å². The molecule has 0 unspecified atom stereocenters. The summed E-state index contributed by atoms with van der Waals surface area (Å²) in [5.74, 6) is 0.379. The van der Waals surface area contributed by atoms with Crippen molar-refractivity contribution in [1.29, 1.82) is 0 Å². The molecule has 0 aromatic heterocycles. The van der Waals surface area contributed by atoms with Crippen LogP contribution in [-0.2, 0) is 21.8 Å². The summed E-state index contributed by atoms with van der Waals surface area (Å²) in [7, 11) is 0. The fraction of sp³-hybridized carbons (Fsp3) is 0.357. The molecule has 112 valence electrons. The molecule has 0 bridgehead atoms. The van der Waals surface area contributed by atoms with E-state index in [9.17, 15) is 4.79 Å². The molecular formula is C14H20O4S2. The number of hydrogen-bond donors (Lipinski definition) is 3. The molecule has 0 atom stereocenters. The summed E-state index contributed by atoms with van der Waals surface area (Å²) in [6.07, 6.45) is 2.28. The summed E-state index contributed by atoms with van der Waals surface area (Å²) in [5, 5.41) is 8.85. The molecule has 0 aliphatic rings. The number of carbonyl (C=O) groups is 3. The topological polar surface area (TPSA) is 71.4 Å². The van der Waals surface area contributed by atoms with Crippen molar-refractivity contribution < 1.29 is 19.5 Å². The van der Waals surface area contributed by atoms with Crippen molar-refractivity contribution in [3.8, 4) is 0 Å². The Hall–Kier alpha value is -1.27. The summed E-state index contributed by atoms with van der Waals surface area (Å²) in [5.41, 5.74) is 2.27. The first-order valence-corrected chi connectivity index (χ1v) is 7.14. The van der Waals surface area contributed by atoms with Crippen LogP contribution in [0.2, 0.25) is 0 Å². The highest BCUT2D eigenvalue weighted by Crippen LogP contribution is 2.13. The van der Waals surface area contributed by atoms with Gasteiger partial charge in [0, 0.05) is 5.75 Å². The first-order valence-electron chi connectivity index (χ1n) is 5.88. The molecule has 0 spiro atoms. The van der Waals surface area contributed by atoms with Gasteiger partial charge in [0.25, 0.3) is 0 Å². The number of aldehydes is 2. The van der Waals surface area contributed by atoms with E-state index in [1.165, 1.54) is 13.8 Å². The predicted molar refractivity (Wildman–Crippen MR) is 87.1 cm³/mol. The van der Waals surface area contributed by atoms with Crippen molar-refractivity contribution >= 4 is 43.8 Å². The second kappa shape index (κ2) is 14.1. The predicted octanol–water partition coefficient (Wildman–Crippen LogP) is 2.70. The van der Waals surface area contributed by atoms with Gasteiger partial charge in [-0.15, -0.1) is 0 Å². The number of aryl methyl sites for hydroxylation is 1. The molecule has 1 rings (SSSR count). The van der Waals surface area contributed by atoms with Crippen LogP contribution in [0.1, 0.15) is 35.3 Å². The average molecular weight is 316 g/mol. The number of carbonyl (C=O) groups excluding carboxylic acids is 2. The van der Waals surface area contributed by atoms with Crippen molar-refractivity contribution in [3.63, 3.8) is 0 Å². The quantitative estimate of drug-likeness (QED) is 0.590. The fourth-order valence-electron chi connectivity index (χ4n) is 1.25. The van der Waals surface area contributed by atoms with Crippen LogP contribution in [0.25, 0.3) is 0 Å². The van der Waals surface area contributed by atoms with E-state index >= 15 is 0 Å². The molecule has 0 radical (unpaired) electrons. The standard InChI is InChI=1S/C10H12O2S2.2C2H4O/c11-10(12)9-4-7(1-2-13)3-8(5-9)6-14;2*1-2-3/h3-5,13-14H,1-2,6H2,(H,11,12);2*2H,1H3. The Morgan fingerprint density at radius 3 is 1.90 bits per heavy atom. The Morgan fingerprint density at radius 2 is 1.55 bits per heavy atom. The SMILES string of the molecule is CC=O.CC=O.O=C(O)c1cc(CS)cc(CCS)c1. The molecule has 4 nitrogen and oxygen atoms in total. The highest BCUT2D eigenvalue weighted by Gasteiger charge is 2.05. The second-order valence-electron chi connectivity index (χ2n) is 3.45. The number of benzene rings is 1. The normalized spacial score (nSPS) is 8.40. The molecule has 0 heterocycles. The molecular weight excluding hydrogens is 296 g/mol. The minimum atomic E-state index is -0.894. The Kier molecular flexibility index (Phi) is 14.9. The van der Waals surface area contributed by atoms with Gasteiger partial charge < -0.3 is 14.7 Å². The Balaban J connectivity index is 0. The van der Waals surface area contributed by atoms with Crippen LogP contribution in [0.5, 0.6) is 0 Å². The monoisotopic (exact) mass is 316 g/mol. The number of thiol groups is 2. The molecule has 0 amide bonds. The van der Waals surface area contributed by atoms with Crippen LogP contribution in [-0.4, -0.2) is 29.4 Å². The molecule has 6 heteroatoms. The van der Waals surface area contributed by atoms with Crippen LogP contribution < -0.4 is 0 Å². The van der Waals surface area contributed by atoms with Crippen LogP contribution in [0.15, 0.2) is 18.2 Å². The molecule has 0 saturated heterocycles. The first kappa shape index (κ1) is 21.0. The summed E-state index contributed by atoms with van der Waals surface area (Å²) < 4.78 is 0. The zero-order valence-electron chi connectivity index (χ0n) is 11.6. The highest BCUT2D eigenvalue weighted by atomic mass is 32.1. The highest BCUT2D eigenvalue weighted by molar-refractivity contribution is 7.80. The Labute approximate surface area is 130 Å². The van der Waals surface area contributed by atoms with Gasteiger partial charge in [0.1, 0.15) is 12.6 Å². The third kappa shape index (κ3) is 10.6. The third-order valence-corrected chi connectivity index (χ3v) is 2.47. The van der Waals surface area contributed by atoms with Gasteiger partial charge >= 0.3 is 5.97 Å². The number of carboxylic acid groups (broad SMARTS) is 1. The maximum absolute atomic E-state index is 10.8. The molecule has 1 N–H and O–H groups in total. The molecule has 20 heavy (non-hydrogen) atoms. The maximum atomic E-state index is 10.8. The van der Waals surface area contributed by atoms with Gasteiger partial charge in [0.05, 0.1) is 5.56 Å². The minimum absolute atomic E-state index is 0.327. The number of aromatic carboxylic acids is 1. The number of rotatable bonds is 4. The van der Waals surface area contributed by atoms with Crippen molar-refractivity contribution in [2.45, 2.75) is 26.0 Å². The van der Waals surface area contributed by atoms with Gasteiger partial charge in [-0.2, -0.15) is 25.3 Å². The van der Waals surface area contributed by atoms with Gasteiger partial charge in [-0.3, -0.25) is 0 Å². The van der Waals surface area contributed by atoms with Crippen LogP contribution in [0, 0.1) is 0 Å². The van der Waals surface area contributed by atoms with Gasteiger partial charge in [0.15, 0.2) is 0 Å². The first-order chi connectivity index (χ1) is 9.50. The van der Waals surface area contributed by atoms with Gasteiger partial charge in [-0.05, 0) is 49.3 Å². The van der Waals surface area contributed by atoms with E-state index < -0.39 is 5.97 Å². The van der Waals surface area contributed by atoms with Crippen molar-refractivity contribution in [2.75, 3.05) is 5.75 Å². The summed E-state index contributed by atoms with van der Waals surface area (Å²) in [4.78, 5) is 28.4. The lowest BCUT2D eigenvalue weighted by Crippen LogP contribution is -2.00. The van der Waals surface area contributed by atoms with E-state index in [2.05, 4.69) is 25.3 Å². The minimum Gasteiger partial charge on any atom is -0.478 e. The lowest BCUT2D eigenvalue weighted by Gasteiger charge is -2.04. The largest absolute Gasteiger partial charge is 0.478 e. The third-order valence-electron chi connectivity index (χ3n) is 1.88. The van der Waals surface area contributed by atoms with E-state index in [4.69, 9.17) is 14.7 Å². The van der Waals surface area contributed by atoms with Crippen LogP contribution >= 0.6 is 25.3 Å². The van der Waals surface area contributed by atoms with E-state index in [1.807, 2.05) is 6.07 Å². The zero-order chi connectivity index (χ0) is 16.0. The number of carboxylic acids is 1. The molecule has 1 aromatic carbocycles. The van der Waals surface area contributed by atoms with E-state index in [1.54, 1.807) is 12.1 Å². The Bertz CT molecular complexity index is 414. The van der Waals surface area contributed by atoms with Crippen molar-refractivity contribution in [1.82, 2.24) is 0 Å². The number of hydrogen-bond acceptors (Lipinski definition) is 5. The van der Waals surface area contributed by atoms with Gasteiger partial charge in [0.2, 0.25) is 0 Å². The summed E-state index contributed by atoms with van der Waals surface area (Å²) in [6.45, 7) is 2.89. The molecule has 1 aromatic rings. The Morgan fingerprint density at radius 1 is 1.10 bits per heavy atom. The molecule has 0 fully saturated rings.